The molecule has 0 amide bonds. The molecule has 0 fully saturated rings. The molecule has 45 heavy (non-hydrogen) atoms. The molecule has 0 aromatic heterocycles. The van der Waals surface area contributed by atoms with Gasteiger partial charge in [0.05, 0.1) is 0 Å². The summed E-state index contributed by atoms with van der Waals surface area (Å²) in [5, 5.41) is 3.33. The fourth-order valence-electron chi connectivity index (χ4n) is 8.03. The SMILES string of the molecule is [CH2]=[Zr]([C]1=CC=CC1)([c]1ccc(Cl)cc1)([c]1cc(C(C)(C)C)cc2c1Cc1ccc(C(C)(C)C)cc1-2)[c]1cccc2ccccc12. The maximum atomic E-state index is 6.62. The van der Waals surface area contributed by atoms with Crippen molar-refractivity contribution in [2.75, 3.05) is 0 Å². The summed E-state index contributed by atoms with van der Waals surface area (Å²) in [4.78, 5) is 0. The summed E-state index contributed by atoms with van der Waals surface area (Å²) >= 11 is 1.65. The van der Waals surface area contributed by atoms with Crippen LogP contribution in [0.1, 0.15) is 70.2 Å². The summed E-state index contributed by atoms with van der Waals surface area (Å²) in [7, 11) is 0. The Hall–Kier alpha value is -3.12. The van der Waals surface area contributed by atoms with Gasteiger partial charge >= 0.3 is 277 Å². The Morgan fingerprint density at radius 2 is 1.38 bits per heavy atom. The number of halogens is 1. The predicted molar refractivity (Wildman–Crippen MR) is 195 cm³/mol. The van der Waals surface area contributed by atoms with Crippen molar-refractivity contribution in [2.24, 2.45) is 0 Å². The number of rotatable bonds is 4. The summed E-state index contributed by atoms with van der Waals surface area (Å²) in [6.07, 6.45) is 8.83. The van der Waals surface area contributed by atoms with Gasteiger partial charge in [0.25, 0.3) is 0 Å². The van der Waals surface area contributed by atoms with Gasteiger partial charge in [-0.1, -0.05) is 0 Å². The standard InChI is InChI=1S/C21H25.C10H7.C6H4Cl.C5H5.CH2.Zr/c1-20(2,3)16-9-7-14-11-15-8-10-17(21(4,5)6)13-19(15)18(14)12-16;1-2-6-10-8-4-3-7-9(10)5-1;7-6-4-2-1-3-5-6;1-2-4-5-3-1;;/h7,9-10,12-13H,11H2,1-6H3;1-7H;2-5H;1-3H,4H2;1H2;. The van der Waals surface area contributed by atoms with Crippen molar-refractivity contribution in [3.05, 3.63) is 146 Å². The van der Waals surface area contributed by atoms with E-state index in [0.29, 0.717) is 0 Å². The molecule has 0 N–H and O–H groups in total. The van der Waals surface area contributed by atoms with Crippen LogP contribution in [-0.4, -0.2) is 4.21 Å². The topological polar surface area (TPSA) is 0 Å². The van der Waals surface area contributed by atoms with Crippen LogP contribution in [0.5, 0.6) is 0 Å². The average molecular weight is 686 g/mol. The van der Waals surface area contributed by atoms with E-state index in [9.17, 15) is 0 Å². The fourth-order valence-corrected chi connectivity index (χ4v) is 24.3. The average Bonchev–Trinajstić information content (AvgIpc) is 3.68. The van der Waals surface area contributed by atoms with Crippen molar-refractivity contribution in [3.8, 4) is 11.1 Å². The Bertz CT molecular complexity index is 2120. The minimum atomic E-state index is -4.97. The van der Waals surface area contributed by atoms with Crippen molar-refractivity contribution in [1.82, 2.24) is 0 Å². The van der Waals surface area contributed by atoms with Crippen LogP contribution in [-0.2, 0) is 35.5 Å². The Morgan fingerprint density at radius 3 is 2.07 bits per heavy atom. The van der Waals surface area contributed by atoms with Crippen molar-refractivity contribution in [2.45, 2.75) is 65.2 Å². The molecule has 0 atom stereocenters. The van der Waals surface area contributed by atoms with Crippen LogP contribution >= 0.6 is 11.6 Å². The number of fused-ring (bicyclic) bond motifs is 4. The Morgan fingerprint density at radius 1 is 0.689 bits per heavy atom. The van der Waals surface area contributed by atoms with Gasteiger partial charge in [-0.2, -0.15) is 0 Å². The number of hydrogen-bond donors (Lipinski definition) is 0. The van der Waals surface area contributed by atoms with Crippen molar-refractivity contribution < 1.29 is 18.3 Å². The van der Waals surface area contributed by atoms with Crippen LogP contribution in [0.25, 0.3) is 21.9 Å². The molecule has 0 heterocycles. The van der Waals surface area contributed by atoms with E-state index in [1.165, 1.54) is 57.2 Å². The first-order valence-electron chi connectivity index (χ1n) is 16.3. The third-order valence-electron chi connectivity index (χ3n) is 10.7. The molecule has 0 saturated carbocycles. The van der Waals surface area contributed by atoms with E-state index in [1.54, 1.807) is 0 Å². The maximum absolute atomic E-state index is 6.62. The first-order valence-corrected chi connectivity index (χ1v) is 23.3. The Balaban J connectivity index is 1.71. The predicted octanol–water partition coefficient (Wildman–Crippen LogP) is 9.90. The van der Waals surface area contributed by atoms with Gasteiger partial charge in [0.15, 0.2) is 0 Å². The van der Waals surface area contributed by atoms with E-state index in [2.05, 4.69) is 157 Å². The number of benzene rings is 5. The van der Waals surface area contributed by atoms with Crippen LogP contribution < -0.4 is 9.81 Å². The molecule has 7 rings (SSSR count). The van der Waals surface area contributed by atoms with E-state index >= 15 is 0 Å². The van der Waals surface area contributed by atoms with Gasteiger partial charge in [0.1, 0.15) is 0 Å². The first-order chi connectivity index (χ1) is 21.3. The van der Waals surface area contributed by atoms with Gasteiger partial charge in [-0.05, 0) is 0 Å². The van der Waals surface area contributed by atoms with E-state index < -0.39 is 18.3 Å². The summed E-state index contributed by atoms with van der Waals surface area (Å²) in [5.74, 6) is 0. The summed E-state index contributed by atoms with van der Waals surface area (Å²) in [6.45, 7) is 14.0. The second kappa shape index (κ2) is 10.5. The Labute approximate surface area is 275 Å². The zero-order valence-electron chi connectivity index (χ0n) is 27.5. The summed E-state index contributed by atoms with van der Waals surface area (Å²) < 4.78 is 11.5. The molecule has 0 unspecified atom stereocenters. The van der Waals surface area contributed by atoms with Crippen LogP contribution in [0.2, 0.25) is 5.02 Å². The first kappa shape index (κ1) is 30.5. The van der Waals surface area contributed by atoms with Crippen molar-refractivity contribution in [1.29, 1.82) is 0 Å². The van der Waals surface area contributed by atoms with Crippen LogP contribution in [0.15, 0.2) is 119 Å². The van der Waals surface area contributed by atoms with Crippen LogP contribution in [0, 0.1) is 0 Å². The zero-order valence-corrected chi connectivity index (χ0v) is 30.7. The molecule has 2 aliphatic rings. The monoisotopic (exact) mass is 684 g/mol. The van der Waals surface area contributed by atoms with Crippen molar-refractivity contribution in [3.63, 3.8) is 0 Å². The van der Waals surface area contributed by atoms with Gasteiger partial charge in [-0.25, -0.2) is 0 Å². The molecule has 0 aliphatic heterocycles. The van der Waals surface area contributed by atoms with E-state index in [1.807, 2.05) is 0 Å². The molecule has 2 heteroatoms. The molecule has 0 radical (unpaired) electrons. The van der Waals surface area contributed by atoms with Gasteiger partial charge in [0.2, 0.25) is 0 Å². The van der Waals surface area contributed by atoms with E-state index in [0.717, 1.165) is 17.9 Å². The van der Waals surface area contributed by atoms with Crippen LogP contribution in [0.3, 0.4) is 0 Å². The molecule has 0 bridgehead atoms. The Kier molecular flexibility index (Phi) is 7.09. The third-order valence-corrected chi connectivity index (χ3v) is 27.3. The molecular formula is C43H43ClZr. The molecular weight excluding hydrogens is 643 g/mol. The van der Waals surface area contributed by atoms with Gasteiger partial charge in [-0.15, -0.1) is 0 Å². The number of hydrogen-bond acceptors (Lipinski definition) is 0. The molecule has 2 aliphatic carbocycles. The molecule has 5 aromatic carbocycles. The summed E-state index contributed by atoms with van der Waals surface area (Å²) in [5.41, 5.74) is 8.45. The fraction of sp³-hybridized carbons (Fsp3) is 0.233. The van der Waals surface area contributed by atoms with E-state index in [-0.39, 0.29) is 10.8 Å². The van der Waals surface area contributed by atoms with Crippen molar-refractivity contribution >= 4 is 36.4 Å². The van der Waals surface area contributed by atoms with Gasteiger partial charge < -0.3 is 0 Å². The molecule has 226 valence electrons. The molecule has 5 aromatic rings. The van der Waals surface area contributed by atoms with Gasteiger partial charge in [0, 0.05) is 0 Å². The number of allylic oxidation sites excluding steroid dienone is 4. The zero-order chi connectivity index (χ0) is 31.8. The van der Waals surface area contributed by atoms with Crippen LogP contribution in [0.4, 0.5) is 0 Å². The third kappa shape index (κ3) is 4.60. The normalized spacial score (nSPS) is 14.9. The second-order valence-electron chi connectivity index (χ2n) is 15.4. The quantitative estimate of drug-likeness (QED) is 0.173. The van der Waals surface area contributed by atoms with E-state index in [4.69, 9.17) is 15.8 Å². The molecule has 0 nitrogen and oxygen atoms in total. The molecule has 0 saturated heterocycles. The summed E-state index contributed by atoms with van der Waals surface area (Å²) in [6, 6.07) is 36.9. The molecule has 0 spiro atoms. The second-order valence-corrected chi connectivity index (χ2v) is 28.7. The minimum absolute atomic E-state index is 0.0385. The van der Waals surface area contributed by atoms with Gasteiger partial charge in [-0.3, -0.25) is 0 Å².